The van der Waals surface area contributed by atoms with Crippen LogP contribution in [0.15, 0.2) is 48.5 Å². The van der Waals surface area contributed by atoms with E-state index in [1.807, 2.05) is 30.3 Å². The topological polar surface area (TPSA) is 78.1 Å². The molecule has 0 aliphatic heterocycles. The lowest BCUT2D eigenvalue weighted by atomic mass is 9.97. The largest absolute Gasteiger partial charge is 0.457 e. The summed E-state index contributed by atoms with van der Waals surface area (Å²) in [4.78, 5) is 11.1. The van der Waals surface area contributed by atoms with Gasteiger partial charge in [0.15, 0.2) is 5.01 Å². The number of nitrogens with zero attached hydrogens (tertiary/aromatic N) is 2. The van der Waals surface area contributed by atoms with Gasteiger partial charge in [-0.1, -0.05) is 59.9 Å². The van der Waals surface area contributed by atoms with Crippen LogP contribution >= 0.6 is 11.3 Å². The summed E-state index contributed by atoms with van der Waals surface area (Å²) in [7, 11) is 0. The fourth-order valence-electron chi connectivity index (χ4n) is 2.42. The fourth-order valence-corrected chi connectivity index (χ4v) is 3.26. The van der Waals surface area contributed by atoms with Gasteiger partial charge in [0.2, 0.25) is 0 Å². The molecule has 6 heteroatoms. The van der Waals surface area contributed by atoms with Gasteiger partial charge in [0.1, 0.15) is 11.6 Å². The third-order valence-electron chi connectivity index (χ3n) is 3.64. The molecule has 122 valence electrons. The molecule has 0 unspecified atom stereocenters. The summed E-state index contributed by atoms with van der Waals surface area (Å²) in [6.07, 6.45) is 0. The first-order chi connectivity index (χ1) is 11.7. The zero-order valence-electron chi connectivity index (χ0n) is 13.2. The Morgan fingerprint density at radius 2 is 1.83 bits per heavy atom. The number of ether oxygens (including phenoxy) is 1. The summed E-state index contributed by atoms with van der Waals surface area (Å²) in [5.41, 5.74) is 9.72. The number of hydrogen-bond acceptors (Lipinski definition) is 6. The molecule has 0 radical (unpaired) electrons. The summed E-state index contributed by atoms with van der Waals surface area (Å²) in [6, 6.07) is 16.4. The maximum Gasteiger partial charge on any atom is 0.320 e. The minimum atomic E-state index is -0.450. The number of aromatic nitrogens is 2. The van der Waals surface area contributed by atoms with Crippen LogP contribution in [0.5, 0.6) is 0 Å². The number of benzene rings is 2. The molecule has 0 bridgehead atoms. The van der Waals surface area contributed by atoms with Gasteiger partial charge in [0.05, 0.1) is 6.54 Å². The van der Waals surface area contributed by atoms with Crippen molar-refractivity contribution < 1.29 is 9.53 Å². The number of rotatable bonds is 5. The van der Waals surface area contributed by atoms with E-state index in [4.69, 9.17) is 10.5 Å². The van der Waals surface area contributed by atoms with Crippen molar-refractivity contribution >= 4 is 17.3 Å². The first-order valence-corrected chi connectivity index (χ1v) is 8.34. The molecule has 0 aliphatic rings. The molecule has 2 aromatic carbocycles. The van der Waals surface area contributed by atoms with Crippen LogP contribution in [0.2, 0.25) is 0 Å². The first kappa shape index (κ1) is 16.3. The van der Waals surface area contributed by atoms with E-state index in [-0.39, 0.29) is 13.2 Å². The Morgan fingerprint density at radius 3 is 2.58 bits per heavy atom. The molecule has 0 saturated carbocycles. The zero-order valence-corrected chi connectivity index (χ0v) is 14.0. The molecule has 1 heterocycles. The highest BCUT2D eigenvalue weighted by atomic mass is 32.1. The predicted octanol–water partition coefficient (Wildman–Crippen LogP) is 3.18. The van der Waals surface area contributed by atoms with Gasteiger partial charge in [-0.25, -0.2) is 0 Å². The van der Waals surface area contributed by atoms with Crippen LogP contribution in [-0.4, -0.2) is 22.7 Å². The zero-order chi connectivity index (χ0) is 16.9. The van der Waals surface area contributed by atoms with Crippen molar-refractivity contribution in [1.82, 2.24) is 10.2 Å². The third kappa shape index (κ3) is 3.50. The number of carbonyl (C=O) groups excluding carboxylic acids is 1. The molecule has 0 atom stereocenters. The summed E-state index contributed by atoms with van der Waals surface area (Å²) in [6.45, 7) is 2.04. The van der Waals surface area contributed by atoms with Crippen LogP contribution in [0, 0.1) is 6.92 Å². The second-order valence-electron chi connectivity index (χ2n) is 5.21. The van der Waals surface area contributed by atoms with Crippen LogP contribution in [0.25, 0.3) is 21.7 Å². The Hall–Kier alpha value is -2.57. The summed E-state index contributed by atoms with van der Waals surface area (Å²) < 4.78 is 4.99. The molecule has 0 saturated heterocycles. The fraction of sp³-hybridized carbons (Fsp3) is 0.167. The van der Waals surface area contributed by atoms with Gasteiger partial charge in [0, 0.05) is 5.56 Å². The van der Waals surface area contributed by atoms with Crippen LogP contribution in [0.4, 0.5) is 0 Å². The van der Waals surface area contributed by atoms with Crippen molar-refractivity contribution in [3.8, 4) is 21.7 Å². The van der Waals surface area contributed by atoms with Crippen LogP contribution < -0.4 is 5.73 Å². The Bertz CT molecular complexity index is 846. The number of hydrogen-bond donors (Lipinski definition) is 1. The summed E-state index contributed by atoms with van der Waals surface area (Å²) in [5, 5.41) is 9.78. The lowest BCUT2D eigenvalue weighted by Gasteiger charge is -2.09. The lowest BCUT2D eigenvalue weighted by molar-refractivity contribution is -0.143. The van der Waals surface area contributed by atoms with Crippen molar-refractivity contribution in [1.29, 1.82) is 0 Å². The van der Waals surface area contributed by atoms with Crippen molar-refractivity contribution in [3.05, 3.63) is 59.1 Å². The Morgan fingerprint density at radius 1 is 1.08 bits per heavy atom. The monoisotopic (exact) mass is 339 g/mol. The summed E-state index contributed by atoms with van der Waals surface area (Å²) >= 11 is 1.42. The van der Waals surface area contributed by atoms with E-state index in [0.29, 0.717) is 5.01 Å². The minimum absolute atomic E-state index is 0.102. The Labute approximate surface area is 144 Å². The van der Waals surface area contributed by atoms with E-state index >= 15 is 0 Å². The van der Waals surface area contributed by atoms with E-state index in [1.165, 1.54) is 22.5 Å². The quantitative estimate of drug-likeness (QED) is 0.722. The van der Waals surface area contributed by atoms with Gasteiger partial charge in [-0.2, -0.15) is 0 Å². The molecule has 3 aromatic rings. The SMILES string of the molecule is Cc1c(-c2ccccc2)cccc1-c1nnc(COC(=O)CN)s1. The highest BCUT2D eigenvalue weighted by Crippen LogP contribution is 2.33. The highest BCUT2D eigenvalue weighted by molar-refractivity contribution is 7.14. The lowest BCUT2D eigenvalue weighted by Crippen LogP contribution is -2.16. The third-order valence-corrected chi connectivity index (χ3v) is 4.57. The van der Waals surface area contributed by atoms with Gasteiger partial charge >= 0.3 is 5.97 Å². The first-order valence-electron chi connectivity index (χ1n) is 7.52. The normalized spacial score (nSPS) is 10.6. The molecule has 1 aromatic heterocycles. The van der Waals surface area contributed by atoms with Gasteiger partial charge in [0.25, 0.3) is 0 Å². The predicted molar refractivity (Wildman–Crippen MR) is 94.4 cm³/mol. The standard InChI is InChI=1S/C18H17N3O2S/c1-12-14(13-6-3-2-4-7-13)8-5-9-15(12)18-21-20-16(24-18)11-23-17(22)10-19/h2-9H,10-11,19H2,1H3. The molecule has 0 spiro atoms. The van der Waals surface area contributed by atoms with Crippen LogP contribution in [-0.2, 0) is 16.1 Å². The van der Waals surface area contributed by atoms with Crippen LogP contribution in [0.3, 0.4) is 0 Å². The Balaban J connectivity index is 1.88. The maximum absolute atomic E-state index is 11.1. The van der Waals surface area contributed by atoms with Crippen molar-refractivity contribution in [2.24, 2.45) is 5.73 Å². The van der Waals surface area contributed by atoms with Gasteiger partial charge in [-0.3, -0.25) is 4.79 Å². The van der Waals surface area contributed by atoms with Crippen molar-refractivity contribution in [2.75, 3.05) is 6.54 Å². The molecular weight excluding hydrogens is 322 g/mol. The molecule has 3 rings (SSSR count). The number of nitrogens with two attached hydrogens (primary N) is 1. The molecular formula is C18H17N3O2S. The van der Waals surface area contributed by atoms with E-state index in [9.17, 15) is 4.79 Å². The molecule has 0 aliphatic carbocycles. The van der Waals surface area contributed by atoms with Gasteiger partial charge in [-0.05, 0) is 23.6 Å². The average Bonchev–Trinajstić information content (AvgIpc) is 3.09. The van der Waals surface area contributed by atoms with E-state index in [2.05, 4.69) is 35.3 Å². The van der Waals surface area contributed by atoms with E-state index < -0.39 is 5.97 Å². The highest BCUT2D eigenvalue weighted by Gasteiger charge is 2.13. The second kappa shape index (κ2) is 7.33. The molecule has 24 heavy (non-hydrogen) atoms. The molecule has 0 amide bonds. The van der Waals surface area contributed by atoms with Gasteiger partial charge in [-0.15, -0.1) is 10.2 Å². The Kier molecular flexibility index (Phi) is 4.98. The molecule has 5 nitrogen and oxygen atoms in total. The van der Waals surface area contributed by atoms with E-state index in [1.54, 1.807) is 0 Å². The minimum Gasteiger partial charge on any atom is -0.457 e. The second-order valence-corrected chi connectivity index (χ2v) is 6.27. The van der Waals surface area contributed by atoms with Crippen molar-refractivity contribution in [3.63, 3.8) is 0 Å². The maximum atomic E-state index is 11.1. The van der Waals surface area contributed by atoms with Crippen molar-refractivity contribution in [2.45, 2.75) is 13.5 Å². The average molecular weight is 339 g/mol. The molecule has 2 N–H and O–H groups in total. The smallest absolute Gasteiger partial charge is 0.320 e. The van der Waals surface area contributed by atoms with E-state index in [0.717, 1.165) is 16.1 Å². The molecule has 0 fully saturated rings. The van der Waals surface area contributed by atoms with Crippen LogP contribution in [0.1, 0.15) is 10.6 Å². The summed E-state index contributed by atoms with van der Waals surface area (Å²) in [5.74, 6) is -0.450. The van der Waals surface area contributed by atoms with Gasteiger partial charge < -0.3 is 10.5 Å². The number of esters is 1. The number of carbonyl (C=O) groups is 1.